The smallest absolute Gasteiger partial charge is 0.116 e. The van der Waals surface area contributed by atoms with Crippen LogP contribution in [0.4, 0.5) is 5.69 Å². The van der Waals surface area contributed by atoms with Crippen molar-refractivity contribution in [2.75, 3.05) is 11.9 Å². The Morgan fingerprint density at radius 1 is 1.36 bits per heavy atom. The minimum atomic E-state index is -0.0805. The molecule has 0 saturated heterocycles. The fourth-order valence-corrected chi connectivity index (χ4v) is 2.04. The van der Waals surface area contributed by atoms with Crippen LogP contribution in [0.3, 0.4) is 0 Å². The molecule has 0 fully saturated rings. The second kappa shape index (κ2) is 2.53. The maximum Gasteiger partial charge on any atom is 0.116 e. The van der Waals surface area contributed by atoms with Crippen LogP contribution >= 0.6 is 0 Å². The fourth-order valence-electron chi connectivity index (χ4n) is 2.04. The number of phenolic OH excluding ortho intramolecular Hbond substituents is 1. The first-order valence-corrected chi connectivity index (χ1v) is 4.71. The van der Waals surface area contributed by atoms with Gasteiger partial charge in [0.05, 0.1) is 0 Å². The molecule has 2 nitrogen and oxygen atoms in total. The van der Waals surface area contributed by atoms with E-state index >= 15 is 0 Å². The van der Waals surface area contributed by atoms with Crippen LogP contribution in [0.25, 0.3) is 0 Å². The van der Waals surface area contributed by atoms with Crippen molar-refractivity contribution in [1.82, 2.24) is 0 Å². The number of allylic oxidation sites excluding steroid dienone is 1. The minimum Gasteiger partial charge on any atom is -0.508 e. The fraction of sp³-hybridized carbons (Fsp3) is 0.333. The van der Waals surface area contributed by atoms with Crippen LogP contribution in [-0.4, -0.2) is 12.2 Å². The van der Waals surface area contributed by atoms with Crippen molar-refractivity contribution in [2.24, 2.45) is 0 Å². The van der Waals surface area contributed by atoms with Gasteiger partial charge in [0.15, 0.2) is 0 Å². The Hall–Kier alpha value is -1.44. The number of aromatic hydroxyl groups is 1. The van der Waals surface area contributed by atoms with E-state index in [1.165, 1.54) is 0 Å². The summed E-state index contributed by atoms with van der Waals surface area (Å²) < 4.78 is 0. The van der Waals surface area contributed by atoms with Gasteiger partial charge in [-0.15, -0.1) is 0 Å². The molecule has 1 aromatic carbocycles. The predicted molar refractivity (Wildman–Crippen MR) is 58.7 cm³/mol. The number of phenols is 1. The molecule has 0 radical (unpaired) electrons. The maximum atomic E-state index is 9.45. The zero-order valence-electron chi connectivity index (χ0n) is 8.83. The van der Waals surface area contributed by atoms with Crippen LogP contribution in [0.1, 0.15) is 19.4 Å². The molecular formula is C12H15NO. The highest BCUT2D eigenvalue weighted by molar-refractivity contribution is 5.70. The maximum absolute atomic E-state index is 9.45. The van der Waals surface area contributed by atoms with Gasteiger partial charge in [-0.25, -0.2) is 0 Å². The molecular weight excluding hydrogens is 174 g/mol. The number of hydrogen-bond acceptors (Lipinski definition) is 2. The number of hydrogen-bond donors (Lipinski definition) is 1. The highest BCUT2D eigenvalue weighted by Gasteiger charge is 2.37. The second-order valence-electron chi connectivity index (χ2n) is 4.33. The molecule has 1 aromatic rings. The highest BCUT2D eigenvalue weighted by Crippen LogP contribution is 2.46. The average Bonchev–Trinajstić information content (AvgIpc) is 2.29. The van der Waals surface area contributed by atoms with Gasteiger partial charge in [0.2, 0.25) is 0 Å². The van der Waals surface area contributed by atoms with E-state index in [-0.39, 0.29) is 5.41 Å². The first-order chi connectivity index (χ1) is 6.44. The SMILES string of the molecule is C=C1N(C)c2ccc(O)cc2C1(C)C. The molecule has 0 aliphatic carbocycles. The topological polar surface area (TPSA) is 23.5 Å². The molecule has 0 bridgehead atoms. The van der Waals surface area contributed by atoms with Crippen molar-refractivity contribution >= 4 is 5.69 Å². The van der Waals surface area contributed by atoms with Crippen LogP contribution in [0.15, 0.2) is 30.5 Å². The molecule has 1 N–H and O–H groups in total. The van der Waals surface area contributed by atoms with Gasteiger partial charge < -0.3 is 10.0 Å². The van der Waals surface area contributed by atoms with Crippen molar-refractivity contribution in [3.8, 4) is 5.75 Å². The van der Waals surface area contributed by atoms with Gasteiger partial charge in [0.1, 0.15) is 5.75 Å². The Balaban J connectivity index is 2.69. The minimum absolute atomic E-state index is 0.0805. The van der Waals surface area contributed by atoms with E-state index in [1.54, 1.807) is 6.07 Å². The Morgan fingerprint density at radius 3 is 2.64 bits per heavy atom. The first-order valence-electron chi connectivity index (χ1n) is 4.71. The molecule has 0 atom stereocenters. The van der Waals surface area contributed by atoms with Crippen LogP contribution in [0, 0.1) is 0 Å². The summed E-state index contributed by atoms with van der Waals surface area (Å²) >= 11 is 0. The van der Waals surface area contributed by atoms with E-state index in [4.69, 9.17) is 0 Å². The van der Waals surface area contributed by atoms with Gasteiger partial charge in [-0.2, -0.15) is 0 Å². The zero-order chi connectivity index (χ0) is 10.5. The summed E-state index contributed by atoms with van der Waals surface area (Å²) in [5.74, 6) is 0.319. The van der Waals surface area contributed by atoms with Crippen molar-refractivity contribution in [1.29, 1.82) is 0 Å². The number of rotatable bonds is 0. The molecule has 0 spiro atoms. The van der Waals surface area contributed by atoms with Crippen LogP contribution in [0.5, 0.6) is 5.75 Å². The van der Waals surface area contributed by atoms with Gasteiger partial charge in [0, 0.05) is 23.8 Å². The molecule has 74 valence electrons. The van der Waals surface area contributed by atoms with E-state index in [2.05, 4.69) is 25.3 Å². The molecule has 1 aliphatic heterocycles. The summed E-state index contributed by atoms with van der Waals surface area (Å²) in [5, 5.41) is 9.45. The lowest BCUT2D eigenvalue weighted by Crippen LogP contribution is -2.21. The normalized spacial score (nSPS) is 18.5. The first kappa shape index (κ1) is 9.13. The largest absolute Gasteiger partial charge is 0.508 e. The van der Waals surface area contributed by atoms with Crippen LogP contribution in [0.2, 0.25) is 0 Å². The van der Waals surface area contributed by atoms with E-state index in [9.17, 15) is 5.11 Å². The molecule has 0 amide bonds. The van der Waals surface area contributed by atoms with Gasteiger partial charge >= 0.3 is 0 Å². The quantitative estimate of drug-likeness (QED) is 0.678. The molecule has 0 saturated carbocycles. The molecule has 2 rings (SSSR count). The number of benzene rings is 1. The van der Waals surface area contributed by atoms with Gasteiger partial charge in [-0.05, 0) is 23.8 Å². The Bertz CT molecular complexity index is 407. The van der Waals surface area contributed by atoms with E-state index in [0.717, 1.165) is 16.9 Å². The van der Waals surface area contributed by atoms with E-state index in [0.29, 0.717) is 5.75 Å². The Labute approximate surface area is 84.5 Å². The van der Waals surface area contributed by atoms with Gasteiger partial charge in [-0.3, -0.25) is 0 Å². The van der Waals surface area contributed by atoms with Crippen molar-refractivity contribution in [3.63, 3.8) is 0 Å². The van der Waals surface area contributed by atoms with E-state index in [1.807, 2.05) is 19.2 Å². The standard InChI is InChI=1S/C12H15NO/c1-8-12(2,3)10-7-9(14)5-6-11(10)13(8)4/h5-7,14H,1H2,2-4H3. The molecule has 2 heteroatoms. The predicted octanol–water partition coefficient (Wildman–Crippen LogP) is 2.63. The lowest BCUT2D eigenvalue weighted by atomic mass is 9.84. The van der Waals surface area contributed by atoms with Crippen molar-refractivity contribution in [3.05, 3.63) is 36.0 Å². The molecule has 1 heterocycles. The summed E-state index contributed by atoms with van der Waals surface area (Å²) in [6, 6.07) is 5.47. The second-order valence-corrected chi connectivity index (χ2v) is 4.33. The summed E-state index contributed by atoms with van der Waals surface area (Å²) in [4.78, 5) is 2.08. The Kier molecular flexibility index (Phi) is 1.65. The highest BCUT2D eigenvalue weighted by atomic mass is 16.3. The van der Waals surface area contributed by atoms with Crippen LogP contribution in [-0.2, 0) is 5.41 Å². The third-order valence-corrected chi connectivity index (χ3v) is 3.14. The zero-order valence-corrected chi connectivity index (χ0v) is 8.83. The van der Waals surface area contributed by atoms with Crippen LogP contribution < -0.4 is 4.90 Å². The number of likely N-dealkylation sites (N-methyl/N-ethyl adjacent to an activating group) is 1. The summed E-state index contributed by atoms with van der Waals surface area (Å²) in [6.07, 6.45) is 0. The van der Waals surface area contributed by atoms with E-state index < -0.39 is 0 Å². The summed E-state index contributed by atoms with van der Waals surface area (Å²) in [7, 11) is 2.01. The summed E-state index contributed by atoms with van der Waals surface area (Å²) in [6.45, 7) is 8.32. The molecule has 1 aliphatic rings. The lowest BCUT2D eigenvalue weighted by Gasteiger charge is -2.22. The summed E-state index contributed by atoms with van der Waals surface area (Å²) in [5.41, 5.74) is 3.27. The lowest BCUT2D eigenvalue weighted by molar-refractivity contribution is 0.473. The number of fused-ring (bicyclic) bond motifs is 1. The number of nitrogens with zero attached hydrogens (tertiary/aromatic N) is 1. The van der Waals surface area contributed by atoms with Gasteiger partial charge in [-0.1, -0.05) is 20.4 Å². The van der Waals surface area contributed by atoms with Gasteiger partial charge in [0.25, 0.3) is 0 Å². The molecule has 14 heavy (non-hydrogen) atoms. The average molecular weight is 189 g/mol. The van der Waals surface area contributed by atoms with Crippen molar-refractivity contribution in [2.45, 2.75) is 19.3 Å². The monoisotopic (exact) mass is 189 g/mol. The Morgan fingerprint density at radius 2 is 2.00 bits per heavy atom. The molecule has 0 aromatic heterocycles. The number of anilines is 1. The van der Waals surface area contributed by atoms with Crippen molar-refractivity contribution < 1.29 is 5.11 Å². The third kappa shape index (κ3) is 0.969. The molecule has 0 unspecified atom stereocenters. The third-order valence-electron chi connectivity index (χ3n) is 3.14.